The minimum absolute atomic E-state index is 0.0645. The summed E-state index contributed by atoms with van der Waals surface area (Å²) >= 11 is 0. The molecule has 0 radical (unpaired) electrons. The number of carbonyl (C=O) groups excluding carboxylic acids is 2. The number of rotatable bonds is 5. The second kappa shape index (κ2) is 9.89. The van der Waals surface area contributed by atoms with Gasteiger partial charge in [-0.25, -0.2) is 8.42 Å². The Morgan fingerprint density at radius 2 is 1.70 bits per heavy atom. The zero-order chi connectivity index (χ0) is 23.4. The Balaban J connectivity index is 1.42. The van der Waals surface area contributed by atoms with Gasteiger partial charge in [0.05, 0.1) is 4.90 Å². The van der Waals surface area contributed by atoms with Crippen molar-refractivity contribution < 1.29 is 18.0 Å². The van der Waals surface area contributed by atoms with Crippen LogP contribution in [-0.2, 0) is 27.8 Å². The third kappa shape index (κ3) is 5.17. The molecule has 1 unspecified atom stereocenters. The third-order valence-electron chi connectivity index (χ3n) is 6.38. The fourth-order valence-electron chi connectivity index (χ4n) is 4.49. The third-order valence-corrected chi connectivity index (χ3v) is 8.29. The van der Waals surface area contributed by atoms with E-state index in [1.807, 2.05) is 18.2 Å². The number of hydrogen-bond acceptors (Lipinski definition) is 4. The number of sulfonamides is 1. The Kier molecular flexibility index (Phi) is 6.95. The average Bonchev–Trinajstić information content (AvgIpc) is 3.09. The lowest BCUT2D eigenvalue weighted by atomic mass is 9.99. The van der Waals surface area contributed by atoms with E-state index in [2.05, 4.69) is 18.0 Å². The van der Waals surface area contributed by atoms with Crippen LogP contribution in [0, 0.1) is 0 Å². The zero-order valence-electron chi connectivity index (χ0n) is 18.6. The molecule has 1 N–H and O–H groups in total. The Hall–Kier alpha value is -2.97. The van der Waals surface area contributed by atoms with Gasteiger partial charge in [0.25, 0.3) is 5.91 Å². The van der Waals surface area contributed by atoms with Gasteiger partial charge in [0, 0.05) is 37.8 Å². The predicted octanol–water partition coefficient (Wildman–Crippen LogP) is 2.73. The molecule has 2 aliphatic heterocycles. The number of amides is 2. The summed E-state index contributed by atoms with van der Waals surface area (Å²) in [6.07, 6.45) is 3.97. The molecule has 0 bridgehead atoms. The normalized spacial score (nSPS) is 19.3. The van der Waals surface area contributed by atoms with Crippen LogP contribution >= 0.6 is 0 Å². The first-order chi connectivity index (χ1) is 15.9. The van der Waals surface area contributed by atoms with E-state index in [9.17, 15) is 18.0 Å². The molecule has 0 aliphatic carbocycles. The molecule has 0 spiro atoms. The minimum atomic E-state index is -3.67. The molecule has 2 aromatic rings. The lowest BCUT2D eigenvalue weighted by molar-refractivity contribution is -0.117. The van der Waals surface area contributed by atoms with Gasteiger partial charge in [0.15, 0.2) is 0 Å². The van der Waals surface area contributed by atoms with Crippen molar-refractivity contribution in [3.8, 4) is 0 Å². The molecular weight excluding hydrogens is 438 g/mol. The largest absolute Gasteiger partial charge is 0.350 e. The van der Waals surface area contributed by atoms with E-state index < -0.39 is 10.0 Å². The fraction of sp³-hybridized carbons (Fsp3) is 0.360. The van der Waals surface area contributed by atoms with Crippen LogP contribution in [0.3, 0.4) is 0 Å². The molecule has 2 heterocycles. The van der Waals surface area contributed by atoms with E-state index in [0.29, 0.717) is 44.6 Å². The molecule has 4 rings (SSSR count). The van der Waals surface area contributed by atoms with Crippen molar-refractivity contribution in [2.45, 2.75) is 43.2 Å². The second-order valence-corrected chi connectivity index (χ2v) is 10.5. The molecule has 174 valence electrons. The molecule has 0 aromatic heterocycles. The lowest BCUT2D eigenvalue weighted by Gasteiger charge is -2.29. The Labute approximate surface area is 195 Å². The number of nitrogens with one attached hydrogen (secondary N) is 1. The predicted molar refractivity (Wildman–Crippen MR) is 126 cm³/mol. The Morgan fingerprint density at radius 1 is 0.970 bits per heavy atom. The van der Waals surface area contributed by atoms with Crippen LogP contribution < -0.4 is 5.32 Å². The molecule has 1 fully saturated rings. The highest BCUT2D eigenvalue weighted by molar-refractivity contribution is 7.89. The summed E-state index contributed by atoms with van der Waals surface area (Å²) < 4.78 is 27.8. The summed E-state index contributed by atoms with van der Waals surface area (Å²) in [6.45, 7) is 5.40. The SMILES string of the molecule is C=CC(=O)NC1CCCN(S(=O)(=O)c2ccc(C(=O)N3CCc4ccccc4C3)cc2)CC1. The minimum Gasteiger partial charge on any atom is -0.350 e. The number of carbonyl (C=O) groups is 2. The molecule has 33 heavy (non-hydrogen) atoms. The van der Waals surface area contributed by atoms with Crippen LogP contribution in [-0.4, -0.2) is 55.1 Å². The Morgan fingerprint density at radius 3 is 2.42 bits per heavy atom. The smallest absolute Gasteiger partial charge is 0.254 e. The fourth-order valence-corrected chi connectivity index (χ4v) is 5.98. The lowest BCUT2D eigenvalue weighted by Crippen LogP contribution is -2.36. The molecule has 1 saturated heterocycles. The monoisotopic (exact) mass is 467 g/mol. The molecule has 2 aromatic carbocycles. The van der Waals surface area contributed by atoms with E-state index in [0.717, 1.165) is 18.4 Å². The number of nitrogens with zero attached hydrogens (tertiary/aromatic N) is 2. The van der Waals surface area contributed by atoms with Crippen LogP contribution in [0.15, 0.2) is 66.1 Å². The van der Waals surface area contributed by atoms with Gasteiger partial charge in [-0.05, 0) is 67.2 Å². The summed E-state index contributed by atoms with van der Waals surface area (Å²) in [5.74, 6) is -0.335. The molecule has 1 atom stereocenters. The van der Waals surface area contributed by atoms with Crippen LogP contribution in [0.2, 0.25) is 0 Å². The molecule has 2 amide bonds. The van der Waals surface area contributed by atoms with Crippen LogP contribution in [0.4, 0.5) is 0 Å². The Bertz CT molecular complexity index is 1140. The molecule has 0 saturated carbocycles. The van der Waals surface area contributed by atoms with E-state index >= 15 is 0 Å². The average molecular weight is 468 g/mol. The summed E-state index contributed by atoms with van der Waals surface area (Å²) in [4.78, 5) is 26.5. The number of fused-ring (bicyclic) bond motifs is 1. The maximum absolute atomic E-state index is 13.2. The van der Waals surface area contributed by atoms with E-state index in [-0.39, 0.29) is 22.8 Å². The van der Waals surface area contributed by atoms with Crippen molar-refractivity contribution in [1.82, 2.24) is 14.5 Å². The first kappa shape index (κ1) is 23.2. The van der Waals surface area contributed by atoms with Crippen LogP contribution in [0.25, 0.3) is 0 Å². The number of benzene rings is 2. The van der Waals surface area contributed by atoms with Crippen molar-refractivity contribution in [3.05, 3.63) is 77.9 Å². The van der Waals surface area contributed by atoms with Gasteiger partial charge in [-0.15, -0.1) is 0 Å². The number of hydrogen-bond donors (Lipinski definition) is 1. The highest BCUT2D eigenvalue weighted by atomic mass is 32.2. The highest BCUT2D eigenvalue weighted by Crippen LogP contribution is 2.23. The molecule has 7 nitrogen and oxygen atoms in total. The topological polar surface area (TPSA) is 86.8 Å². The maximum Gasteiger partial charge on any atom is 0.254 e. The molecule has 2 aliphatic rings. The first-order valence-electron chi connectivity index (χ1n) is 11.3. The van der Waals surface area contributed by atoms with Crippen molar-refractivity contribution in [3.63, 3.8) is 0 Å². The van der Waals surface area contributed by atoms with Gasteiger partial charge in [-0.3, -0.25) is 9.59 Å². The van der Waals surface area contributed by atoms with Crippen LogP contribution in [0.5, 0.6) is 0 Å². The standard InChI is InChI=1S/C25H29N3O4S/c1-2-24(29)26-22-8-5-15-28(17-14-22)33(31,32)23-11-9-20(10-12-23)25(30)27-16-13-19-6-3-4-7-21(19)18-27/h2-4,6-7,9-12,22H,1,5,8,13-18H2,(H,26,29). The zero-order valence-corrected chi connectivity index (χ0v) is 19.4. The van der Waals surface area contributed by atoms with Gasteiger partial charge in [0.1, 0.15) is 0 Å². The van der Waals surface area contributed by atoms with Crippen LogP contribution in [0.1, 0.15) is 40.7 Å². The van der Waals surface area contributed by atoms with E-state index in [1.165, 1.54) is 28.1 Å². The maximum atomic E-state index is 13.2. The van der Waals surface area contributed by atoms with Gasteiger partial charge < -0.3 is 10.2 Å². The molecular formula is C25H29N3O4S. The van der Waals surface area contributed by atoms with Crippen molar-refractivity contribution in [2.75, 3.05) is 19.6 Å². The summed E-state index contributed by atoms with van der Waals surface area (Å²) in [7, 11) is -3.67. The van der Waals surface area contributed by atoms with Crippen molar-refractivity contribution in [2.24, 2.45) is 0 Å². The van der Waals surface area contributed by atoms with Gasteiger partial charge in [0.2, 0.25) is 15.9 Å². The van der Waals surface area contributed by atoms with E-state index in [4.69, 9.17) is 0 Å². The van der Waals surface area contributed by atoms with E-state index in [1.54, 1.807) is 17.0 Å². The van der Waals surface area contributed by atoms with Crippen molar-refractivity contribution >= 4 is 21.8 Å². The van der Waals surface area contributed by atoms with Gasteiger partial charge in [-0.1, -0.05) is 30.8 Å². The molecule has 8 heteroatoms. The second-order valence-electron chi connectivity index (χ2n) is 8.51. The van der Waals surface area contributed by atoms with Gasteiger partial charge >= 0.3 is 0 Å². The van der Waals surface area contributed by atoms with Gasteiger partial charge in [-0.2, -0.15) is 4.31 Å². The summed E-state index contributed by atoms with van der Waals surface area (Å²) in [6, 6.07) is 14.3. The summed E-state index contributed by atoms with van der Waals surface area (Å²) in [5, 5.41) is 2.86. The highest BCUT2D eigenvalue weighted by Gasteiger charge is 2.28. The quantitative estimate of drug-likeness (QED) is 0.685. The summed E-state index contributed by atoms with van der Waals surface area (Å²) in [5.41, 5.74) is 2.91. The van der Waals surface area contributed by atoms with Crippen molar-refractivity contribution in [1.29, 1.82) is 0 Å². The first-order valence-corrected chi connectivity index (χ1v) is 12.7.